The fraction of sp³-hybridized carbons (Fsp3) is 0.500. The van der Waals surface area contributed by atoms with Crippen molar-refractivity contribution in [2.24, 2.45) is 5.41 Å². The first-order chi connectivity index (χ1) is 6.05. The number of rotatable bonds is 1. The first-order valence-electron chi connectivity index (χ1n) is 4.21. The Morgan fingerprint density at radius 1 is 1.46 bits per heavy atom. The van der Waals surface area contributed by atoms with Crippen LogP contribution < -0.4 is 0 Å². The molecule has 0 aromatic carbocycles. The molecular formula is C10H13N3. The van der Waals surface area contributed by atoms with Crippen LogP contribution in [0.4, 0.5) is 0 Å². The molecule has 3 heteroatoms. The van der Waals surface area contributed by atoms with Gasteiger partial charge in [-0.3, -0.25) is 0 Å². The summed E-state index contributed by atoms with van der Waals surface area (Å²) < 4.78 is 0. The lowest BCUT2D eigenvalue weighted by Gasteiger charge is -2.23. The third-order valence-corrected chi connectivity index (χ3v) is 1.90. The van der Waals surface area contributed by atoms with Gasteiger partial charge in [0.1, 0.15) is 6.33 Å². The Bertz CT molecular complexity index is 305. The number of nitriles is 1. The van der Waals surface area contributed by atoms with Gasteiger partial charge in [-0.15, -0.1) is 0 Å². The maximum Gasteiger partial charge on any atom is 0.115 e. The number of nitrogens with zero attached hydrogens (tertiary/aromatic N) is 3. The van der Waals surface area contributed by atoms with E-state index in [1.807, 2.05) is 20.8 Å². The zero-order chi connectivity index (χ0) is 9.90. The second-order valence-electron chi connectivity index (χ2n) is 4.06. The van der Waals surface area contributed by atoms with Gasteiger partial charge in [0.25, 0.3) is 0 Å². The lowest BCUT2D eigenvalue weighted by Crippen LogP contribution is -2.17. The number of hydrogen-bond donors (Lipinski definition) is 0. The van der Waals surface area contributed by atoms with E-state index in [1.54, 1.807) is 12.3 Å². The van der Waals surface area contributed by atoms with Crippen LogP contribution in [0.25, 0.3) is 0 Å². The average Bonchev–Trinajstić information content (AvgIpc) is 2.05. The summed E-state index contributed by atoms with van der Waals surface area (Å²) in [6.07, 6.45) is 3.14. The van der Waals surface area contributed by atoms with Crippen molar-refractivity contribution in [3.05, 3.63) is 24.3 Å². The molecule has 0 aliphatic rings. The van der Waals surface area contributed by atoms with Gasteiger partial charge in [-0.05, 0) is 11.5 Å². The molecule has 1 atom stereocenters. The Labute approximate surface area is 78.5 Å². The highest BCUT2D eigenvalue weighted by Crippen LogP contribution is 2.32. The van der Waals surface area contributed by atoms with E-state index in [2.05, 4.69) is 16.0 Å². The van der Waals surface area contributed by atoms with E-state index in [-0.39, 0.29) is 11.3 Å². The SMILES string of the molecule is CC(C)(C)C(C#N)c1ccncn1. The van der Waals surface area contributed by atoms with Crippen LogP contribution in [-0.2, 0) is 0 Å². The lowest BCUT2D eigenvalue weighted by molar-refractivity contribution is 0.367. The van der Waals surface area contributed by atoms with Crippen LogP contribution in [0.5, 0.6) is 0 Å². The van der Waals surface area contributed by atoms with Gasteiger partial charge >= 0.3 is 0 Å². The first kappa shape index (κ1) is 9.66. The summed E-state index contributed by atoms with van der Waals surface area (Å²) in [7, 11) is 0. The summed E-state index contributed by atoms with van der Waals surface area (Å²) in [4.78, 5) is 7.91. The Kier molecular flexibility index (Phi) is 2.62. The molecule has 68 valence electrons. The van der Waals surface area contributed by atoms with Gasteiger partial charge in [0.2, 0.25) is 0 Å². The molecule has 0 aliphatic carbocycles. The molecule has 0 aliphatic heterocycles. The molecule has 3 nitrogen and oxygen atoms in total. The average molecular weight is 175 g/mol. The van der Waals surface area contributed by atoms with Crippen LogP contribution in [0.15, 0.2) is 18.6 Å². The van der Waals surface area contributed by atoms with E-state index < -0.39 is 0 Å². The van der Waals surface area contributed by atoms with Crippen molar-refractivity contribution in [1.82, 2.24) is 9.97 Å². The highest BCUT2D eigenvalue weighted by Gasteiger charge is 2.26. The number of aromatic nitrogens is 2. The van der Waals surface area contributed by atoms with Crippen LogP contribution in [0.1, 0.15) is 32.4 Å². The molecule has 0 radical (unpaired) electrons. The van der Waals surface area contributed by atoms with Gasteiger partial charge in [-0.1, -0.05) is 20.8 Å². The molecule has 0 saturated carbocycles. The van der Waals surface area contributed by atoms with Crippen LogP contribution >= 0.6 is 0 Å². The summed E-state index contributed by atoms with van der Waals surface area (Å²) in [5, 5.41) is 9.00. The quantitative estimate of drug-likeness (QED) is 0.657. The van der Waals surface area contributed by atoms with Crippen molar-refractivity contribution >= 4 is 0 Å². The Hall–Kier alpha value is -1.43. The molecular weight excluding hydrogens is 162 g/mol. The van der Waals surface area contributed by atoms with Crippen molar-refractivity contribution in [1.29, 1.82) is 5.26 Å². The standard InChI is InChI=1S/C10H13N3/c1-10(2,3)8(6-11)9-4-5-12-7-13-9/h4-5,7-8H,1-3H3. The van der Waals surface area contributed by atoms with Gasteiger partial charge < -0.3 is 0 Å². The van der Waals surface area contributed by atoms with Crippen molar-refractivity contribution in [2.75, 3.05) is 0 Å². The predicted molar refractivity (Wildman–Crippen MR) is 49.8 cm³/mol. The van der Waals surface area contributed by atoms with E-state index in [4.69, 9.17) is 5.26 Å². The third kappa shape index (κ3) is 2.25. The van der Waals surface area contributed by atoms with Gasteiger partial charge in [0.15, 0.2) is 0 Å². The minimum Gasteiger partial charge on any atom is -0.245 e. The van der Waals surface area contributed by atoms with Gasteiger partial charge in [-0.25, -0.2) is 9.97 Å². The van der Waals surface area contributed by atoms with E-state index in [0.29, 0.717) is 0 Å². The number of hydrogen-bond acceptors (Lipinski definition) is 3. The summed E-state index contributed by atoms with van der Waals surface area (Å²) in [5.74, 6) is -0.171. The largest absolute Gasteiger partial charge is 0.245 e. The van der Waals surface area contributed by atoms with Gasteiger partial charge in [-0.2, -0.15) is 5.26 Å². The van der Waals surface area contributed by atoms with Crippen molar-refractivity contribution in [3.8, 4) is 6.07 Å². The third-order valence-electron chi connectivity index (χ3n) is 1.90. The molecule has 1 aromatic heterocycles. The molecule has 0 N–H and O–H groups in total. The second-order valence-corrected chi connectivity index (χ2v) is 4.06. The van der Waals surface area contributed by atoms with Crippen molar-refractivity contribution in [2.45, 2.75) is 26.7 Å². The minimum atomic E-state index is -0.171. The normalized spacial score (nSPS) is 13.4. The Balaban J connectivity index is 3.01. The summed E-state index contributed by atoms with van der Waals surface area (Å²) in [6, 6.07) is 4.06. The fourth-order valence-electron chi connectivity index (χ4n) is 1.18. The van der Waals surface area contributed by atoms with Crippen molar-refractivity contribution in [3.63, 3.8) is 0 Å². The molecule has 1 aromatic rings. The minimum absolute atomic E-state index is 0.0803. The molecule has 1 unspecified atom stereocenters. The Morgan fingerprint density at radius 2 is 2.15 bits per heavy atom. The Morgan fingerprint density at radius 3 is 2.54 bits per heavy atom. The zero-order valence-electron chi connectivity index (χ0n) is 8.15. The molecule has 0 saturated heterocycles. The van der Waals surface area contributed by atoms with Crippen LogP contribution in [-0.4, -0.2) is 9.97 Å². The summed E-state index contributed by atoms with van der Waals surface area (Å²) in [6.45, 7) is 6.09. The zero-order valence-corrected chi connectivity index (χ0v) is 8.15. The molecule has 13 heavy (non-hydrogen) atoms. The first-order valence-corrected chi connectivity index (χ1v) is 4.21. The van der Waals surface area contributed by atoms with E-state index in [9.17, 15) is 0 Å². The van der Waals surface area contributed by atoms with E-state index >= 15 is 0 Å². The van der Waals surface area contributed by atoms with Crippen LogP contribution in [0.2, 0.25) is 0 Å². The van der Waals surface area contributed by atoms with E-state index in [0.717, 1.165) is 5.69 Å². The van der Waals surface area contributed by atoms with Gasteiger partial charge in [0.05, 0.1) is 17.7 Å². The monoisotopic (exact) mass is 175 g/mol. The smallest absolute Gasteiger partial charge is 0.115 e. The predicted octanol–water partition coefficient (Wildman–Crippen LogP) is 2.13. The molecule has 0 amide bonds. The maximum absolute atomic E-state index is 9.00. The second kappa shape index (κ2) is 3.53. The van der Waals surface area contributed by atoms with Crippen LogP contribution in [0, 0.1) is 16.7 Å². The topological polar surface area (TPSA) is 49.6 Å². The van der Waals surface area contributed by atoms with Crippen molar-refractivity contribution < 1.29 is 0 Å². The maximum atomic E-state index is 9.00. The summed E-state index contributed by atoms with van der Waals surface area (Å²) in [5.41, 5.74) is 0.716. The van der Waals surface area contributed by atoms with E-state index in [1.165, 1.54) is 6.33 Å². The highest BCUT2D eigenvalue weighted by molar-refractivity contribution is 5.17. The van der Waals surface area contributed by atoms with Gasteiger partial charge in [0, 0.05) is 6.20 Å². The van der Waals surface area contributed by atoms with Crippen LogP contribution in [0.3, 0.4) is 0 Å². The summed E-state index contributed by atoms with van der Waals surface area (Å²) >= 11 is 0. The molecule has 1 rings (SSSR count). The molecule has 1 heterocycles. The fourth-order valence-corrected chi connectivity index (χ4v) is 1.18. The molecule has 0 fully saturated rings. The highest BCUT2D eigenvalue weighted by atomic mass is 14.8. The lowest BCUT2D eigenvalue weighted by atomic mass is 9.80. The molecule has 0 spiro atoms. The molecule has 0 bridgehead atoms.